The number of terminal acetylenes is 1. The molecule has 0 aromatic heterocycles. The minimum absolute atomic E-state index is 0.0423. The number of rotatable bonds is 7. The molecule has 0 saturated heterocycles. The summed E-state index contributed by atoms with van der Waals surface area (Å²) in [5, 5.41) is 9.05. The summed E-state index contributed by atoms with van der Waals surface area (Å²) in [6.45, 7) is 6.25. The molecule has 0 heterocycles. The van der Waals surface area contributed by atoms with Crippen LogP contribution in [0.1, 0.15) is 20.8 Å². The molecule has 4 heteroatoms. The Balaban J connectivity index is 3.02. The van der Waals surface area contributed by atoms with Crippen molar-refractivity contribution in [3.8, 4) is 18.1 Å². The quantitative estimate of drug-likeness (QED) is 0.777. The number of anilines is 1. The van der Waals surface area contributed by atoms with E-state index in [1.165, 1.54) is 0 Å². The molecular weight excluding hydrogens is 254 g/mol. The largest absolute Gasteiger partial charge is 0.489 e. The summed E-state index contributed by atoms with van der Waals surface area (Å²) in [7, 11) is 0. The van der Waals surface area contributed by atoms with Gasteiger partial charge in [-0.1, -0.05) is 25.0 Å². The summed E-state index contributed by atoms with van der Waals surface area (Å²) in [6.07, 6.45) is 5.43. The number of carboxylic acids is 1. The summed E-state index contributed by atoms with van der Waals surface area (Å²) >= 11 is 0. The smallest absolute Gasteiger partial charge is 0.308 e. The van der Waals surface area contributed by atoms with Crippen LogP contribution in [-0.4, -0.2) is 30.3 Å². The molecule has 1 atom stereocenters. The first-order chi connectivity index (χ1) is 9.45. The Morgan fingerprint density at radius 2 is 2.05 bits per heavy atom. The lowest BCUT2D eigenvalue weighted by atomic mass is 10.1. The highest BCUT2D eigenvalue weighted by Crippen LogP contribution is 2.29. The molecule has 4 nitrogen and oxygen atoms in total. The number of nitrogens with zero attached hydrogens (tertiary/aromatic N) is 1. The van der Waals surface area contributed by atoms with Crippen LogP contribution in [0, 0.1) is 18.3 Å². The third-order valence-electron chi connectivity index (χ3n) is 2.77. The fourth-order valence-corrected chi connectivity index (χ4v) is 1.84. The SMILES string of the molecule is C#CCN(CC(C)C(=O)O)c1ccccc1OC(C)C. The van der Waals surface area contributed by atoms with E-state index in [-0.39, 0.29) is 6.10 Å². The predicted molar refractivity (Wildman–Crippen MR) is 80.1 cm³/mol. The first-order valence-corrected chi connectivity index (χ1v) is 6.62. The molecule has 1 unspecified atom stereocenters. The standard InChI is InChI=1S/C16H21NO3/c1-5-10-17(11-13(4)16(18)19)14-8-6-7-9-15(14)20-12(2)3/h1,6-9,12-13H,10-11H2,2-4H3,(H,18,19). The van der Waals surface area contributed by atoms with E-state index in [2.05, 4.69) is 5.92 Å². The molecule has 0 spiro atoms. The van der Waals surface area contributed by atoms with Crippen molar-refractivity contribution in [3.63, 3.8) is 0 Å². The van der Waals surface area contributed by atoms with Gasteiger partial charge in [0, 0.05) is 6.54 Å². The molecular formula is C16H21NO3. The third-order valence-corrected chi connectivity index (χ3v) is 2.77. The predicted octanol–water partition coefficient (Wildman–Crippen LogP) is 2.63. The maximum Gasteiger partial charge on any atom is 0.308 e. The summed E-state index contributed by atoms with van der Waals surface area (Å²) in [4.78, 5) is 12.9. The number of benzene rings is 1. The molecule has 0 aliphatic heterocycles. The van der Waals surface area contributed by atoms with Crippen LogP contribution >= 0.6 is 0 Å². The summed E-state index contributed by atoms with van der Waals surface area (Å²) in [5.41, 5.74) is 0.826. The number of para-hydroxylation sites is 2. The van der Waals surface area contributed by atoms with Gasteiger partial charge in [-0.2, -0.15) is 0 Å². The van der Waals surface area contributed by atoms with E-state index in [1.807, 2.05) is 43.0 Å². The van der Waals surface area contributed by atoms with Gasteiger partial charge in [0.1, 0.15) is 5.75 Å². The minimum Gasteiger partial charge on any atom is -0.489 e. The first-order valence-electron chi connectivity index (χ1n) is 6.62. The van der Waals surface area contributed by atoms with Gasteiger partial charge in [0.2, 0.25) is 0 Å². The van der Waals surface area contributed by atoms with E-state index in [0.29, 0.717) is 13.1 Å². The van der Waals surface area contributed by atoms with Crippen molar-refractivity contribution in [2.75, 3.05) is 18.0 Å². The van der Waals surface area contributed by atoms with E-state index < -0.39 is 11.9 Å². The number of carboxylic acid groups (broad SMARTS) is 1. The molecule has 1 rings (SSSR count). The van der Waals surface area contributed by atoms with Crippen LogP contribution in [0.15, 0.2) is 24.3 Å². The Morgan fingerprint density at radius 3 is 2.60 bits per heavy atom. The summed E-state index contributed by atoms with van der Waals surface area (Å²) in [5.74, 6) is 1.94. The molecule has 0 fully saturated rings. The highest BCUT2D eigenvalue weighted by Gasteiger charge is 2.18. The van der Waals surface area contributed by atoms with Crippen molar-refractivity contribution >= 4 is 11.7 Å². The molecule has 0 bridgehead atoms. The van der Waals surface area contributed by atoms with Gasteiger partial charge in [-0.25, -0.2) is 0 Å². The highest BCUT2D eigenvalue weighted by atomic mass is 16.5. The van der Waals surface area contributed by atoms with E-state index in [0.717, 1.165) is 11.4 Å². The Bertz CT molecular complexity index is 491. The van der Waals surface area contributed by atoms with E-state index in [1.54, 1.807) is 6.92 Å². The van der Waals surface area contributed by atoms with E-state index in [9.17, 15) is 4.79 Å². The molecule has 1 aromatic carbocycles. The fourth-order valence-electron chi connectivity index (χ4n) is 1.84. The van der Waals surface area contributed by atoms with Crippen LogP contribution in [0.4, 0.5) is 5.69 Å². The first kappa shape index (κ1) is 15.9. The lowest BCUT2D eigenvalue weighted by molar-refractivity contribution is -0.140. The number of hydrogen-bond donors (Lipinski definition) is 1. The topological polar surface area (TPSA) is 49.8 Å². The number of aliphatic carboxylic acids is 1. The van der Waals surface area contributed by atoms with Gasteiger partial charge >= 0.3 is 5.97 Å². The molecule has 0 radical (unpaired) electrons. The van der Waals surface area contributed by atoms with Crippen molar-refractivity contribution < 1.29 is 14.6 Å². The van der Waals surface area contributed by atoms with Gasteiger partial charge in [0.25, 0.3) is 0 Å². The lowest BCUT2D eigenvalue weighted by Gasteiger charge is -2.27. The van der Waals surface area contributed by atoms with Crippen LogP contribution in [0.25, 0.3) is 0 Å². The third kappa shape index (κ3) is 4.51. The van der Waals surface area contributed by atoms with E-state index in [4.69, 9.17) is 16.3 Å². The minimum atomic E-state index is -0.839. The Kier molecular flexibility index (Phi) is 5.92. The van der Waals surface area contributed by atoms with Crippen molar-refractivity contribution in [3.05, 3.63) is 24.3 Å². The van der Waals surface area contributed by atoms with Gasteiger partial charge in [-0.15, -0.1) is 6.42 Å². The molecule has 0 aliphatic carbocycles. The molecule has 20 heavy (non-hydrogen) atoms. The Hall–Kier alpha value is -2.15. The van der Waals surface area contributed by atoms with Gasteiger partial charge in [0.15, 0.2) is 0 Å². The molecule has 1 aromatic rings. The number of hydrogen-bond acceptors (Lipinski definition) is 3. The van der Waals surface area contributed by atoms with Crippen molar-refractivity contribution in [1.29, 1.82) is 0 Å². The average molecular weight is 275 g/mol. The van der Waals surface area contributed by atoms with Crippen LogP contribution in [0.5, 0.6) is 5.75 Å². The highest BCUT2D eigenvalue weighted by molar-refractivity contribution is 5.71. The second-order valence-electron chi connectivity index (χ2n) is 4.96. The maximum atomic E-state index is 11.0. The number of ether oxygens (including phenoxy) is 1. The van der Waals surface area contributed by atoms with Crippen LogP contribution in [0.2, 0.25) is 0 Å². The van der Waals surface area contributed by atoms with Gasteiger partial charge < -0.3 is 14.7 Å². The van der Waals surface area contributed by atoms with Crippen molar-refractivity contribution in [1.82, 2.24) is 0 Å². The van der Waals surface area contributed by atoms with Gasteiger partial charge in [-0.05, 0) is 26.0 Å². The van der Waals surface area contributed by atoms with Gasteiger partial charge in [-0.3, -0.25) is 4.79 Å². The molecule has 1 N–H and O–H groups in total. The van der Waals surface area contributed by atoms with E-state index >= 15 is 0 Å². The molecule has 0 saturated carbocycles. The summed E-state index contributed by atoms with van der Waals surface area (Å²) < 4.78 is 5.76. The lowest BCUT2D eigenvalue weighted by Crippen LogP contribution is -2.32. The zero-order chi connectivity index (χ0) is 15.1. The normalized spacial score (nSPS) is 11.8. The molecule has 0 amide bonds. The van der Waals surface area contributed by atoms with Crippen molar-refractivity contribution in [2.24, 2.45) is 5.92 Å². The fraction of sp³-hybridized carbons (Fsp3) is 0.438. The van der Waals surface area contributed by atoms with Crippen LogP contribution in [0.3, 0.4) is 0 Å². The van der Waals surface area contributed by atoms with Crippen LogP contribution < -0.4 is 9.64 Å². The zero-order valence-corrected chi connectivity index (χ0v) is 12.2. The monoisotopic (exact) mass is 275 g/mol. The van der Waals surface area contributed by atoms with Gasteiger partial charge in [0.05, 0.1) is 24.3 Å². The second kappa shape index (κ2) is 7.44. The average Bonchev–Trinajstić information content (AvgIpc) is 2.38. The summed E-state index contributed by atoms with van der Waals surface area (Å²) in [6, 6.07) is 7.53. The Morgan fingerprint density at radius 1 is 1.40 bits per heavy atom. The number of carbonyl (C=O) groups is 1. The van der Waals surface area contributed by atoms with Crippen LogP contribution in [-0.2, 0) is 4.79 Å². The zero-order valence-electron chi connectivity index (χ0n) is 12.2. The Labute approximate surface area is 120 Å². The van der Waals surface area contributed by atoms with Crippen molar-refractivity contribution in [2.45, 2.75) is 26.9 Å². The maximum absolute atomic E-state index is 11.0. The molecule has 0 aliphatic rings. The second-order valence-corrected chi connectivity index (χ2v) is 4.96. The molecule has 108 valence electrons.